The lowest BCUT2D eigenvalue weighted by atomic mass is 9.84. The predicted molar refractivity (Wildman–Crippen MR) is 109 cm³/mol. The van der Waals surface area contributed by atoms with Crippen LogP contribution in [0.5, 0.6) is 17.2 Å². The number of carbonyl (C=O) groups excluding carboxylic acids is 2. The number of ether oxygens (including phenoxy) is 2. The zero-order chi connectivity index (χ0) is 20.8. The number of aromatic nitrogens is 1. The molecule has 3 heterocycles. The van der Waals surface area contributed by atoms with Gasteiger partial charge in [0.1, 0.15) is 17.2 Å². The van der Waals surface area contributed by atoms with Crippen LogP contribution < -0.4 is 9.47 Å². The molecule has 148 valence electrons. The van der Waals surface area contributed by atoms with Gasteiger partial charge in [0.25, 0.3) is 0 Å². The fraction of sp³-hybridized carbons (Fsp3) is 0.0870. The highest BCUT2D eigenvalue weighted by molar-refractivity contribution is 6.32. The van der Waals surface area contributed by atoms with Crippen LogP contribution in [-0.4, -0.2) is 21.8 Å². The SMILES string of the molecule is O=C1C[C@@H](c2ccc(O)c(Cl)c2)c2c(ccc3c2O/C(=C\c2cccnc2)C3=O)O1. The minimum Gasteiger partial charge on any atom is -0.506 e. The largest absolute Gasteiger partial charge is 0.506 e. The van der Waals surface area contributed by atoms with Gasteiger partial charge in [-0.05, 0) is 47.5 Å². The van der Waals surface area contributed by atoms with Crippen molar-refractivity contribution in [1.29, 1.82) is 0 Å². The third-order valence-corrected chi connectivity index (χ3v) is 5.44. The van der Waals surface area contributed by atoms with Crippen molar-refractivity contribution in [2.45, 2.75) is 12.3 Å². The summed E-state index contributed by atoms with van der Waals surface area (Å²) in [6.45, 7) is 0. The van der Waals surface area contributed by atoms with Gasteiger partial charge in [-0.15, -0.1) is 0 Å². The summed E-state index contributed by atoms with van der Waals surface area (Å²) < 4.78 is 11.4. The number of Topliss-reactive ketones (excluding diaryl/α,β-unsaturated/α-hetero) is 1. The maximum atomic E-state index is 12.9. The molecular weight excluding hydrogens is 406 g/mol. The Morgan fingerprint density at radius 1 is 1.13 bits per heavy atom. The first kappa shape index (κ1) is 18.4. The van der Waals surface area contributed by atoms with Crippen molar-refractivity contribution in [2.75, 3.05) is 0 Å². The van der Waals surface area contributed by atoms with Crippen molar-refractivity contribution in [3.05, 3.63) is 87.9 Å². The Balaban J connectivity index is 1.63. The van der Waals surface area contributed by atoms with Crippen molar-refractivity contribution in [3.63, 3.8) is 0 Å². The standard InChI is InChI=1S/C23H14ClNO5/c24-16-9-13(3-5-17(16)26)15-10-20(27)29-18-6-4-14-22(28)19(30-23(14)21(15)18)8-12-2-1-7-25-11-12/h1-9,11,15,26H,10H2/b19-8-/t15-/m0/s1. The smallest absolute Gasteiger partial charge is 0.312 e. The molecule has 1 atom stereocenters. The number of carbonyl (C=O) groups is 2. The number of ketones is 1. The first-order valence-corrected chi connectivity index (χ1v) is 9.59. The van der Waals surface area contributed by atoms with Gasteiger partial charge in [0.15, 0.2) is 5.76 Å². The number of fused-ring (bicyclic) bond motifs is 3. The average Bonchev–Trinajstić information content (AvgIpc) is 3.05. The van der Waals surface area contributed by atoms with Gasteiger partial charge in [-0.1, -0.05) is 23.7 Å². The van der Waals surface area contributed by atoms with E-state index in [1.54, 1.807) is 48.8 Å². The van der Waals surface area contributed by atoms with E-state index in [1.807, 2.05) is 6.07 Å². The van der Waals surface area contributed by atoms with Gasteiger partial charge in [0, 0.05) is 23.9 Å². The first-order chi connectivity index (χ1) is 14.5. The Kier molecular flexibility index (Phi) is 4.29. The van der Waals surface area contributed by atoms with E-state index in [0.29, 0.717) is 28.2 Å². The van der Waals surface area contributed by atoms with Crippen molar-refractivity contribution in [3.8, 4) is 17.2 Å². The molecule has 0 bridgehead atoms. The summed E-state index contributed by atoms with van der Waals surface area (Å²) in [5, 5.41) is 9.92. The molecule has 0 aliphatic carbocycles. The van der Waals surface area contributed by atoms with E-state index < -0.39 is 11.9 Å². The Morgan fingerprint density at radius 2 is 2.00 bits per heavy atom. The molecule has 0 saturated heterocycles. The number of esters is 1. The fourth-order valence-corrected chi connectivity index (χ4v) is 3.93. The van der Waals surface area contributed by atoms with Gasteiger partial charge in [0.05, 0.1) is 17.0 Å². The minimum atomic E-state index is -0.431. The van der Waals surface area contributed by atoms with E-state index >= 15 is 0 Å². The van der Waals surface area contributed by atoms with E-state index in [1.165, 1.54) is 6.07 Å². The molecule has 1 N–H and O–H groups in total. The molecule has 0 amide bonds. The highest BCUT2D eigenvalue weighted by Gasteiger charge is 2.38. The van der Waals surface area contributed by atoms with Gasteiger partial charge in [-0.3, -0.25) is 14.6 Å². The van der Waals surface area contributed by atoms with Gasteiger partial charge < -0.3 is 14.6 Å². The lowest BCUT2D eigenvalue weighted by Gasteiger charge is -2.26. The molecule has 0 saturated carbocycles. The lowest BCUT2D eigenvalue weighted by Crippen LogP contribution is -2.21. The van der Waals surface area contributed by atoms with Crippen molar-refractivity contribution < 1.29 is 24.2 Å². The number of nitrogens with zero attached hydrogens (tertiary/aromatic N) is 1. The number of hydrogen-bond donors (Lipinski definition) is 1. The summed E-state index contributed by atoms with van der Waals surface area (Å²) in [5.41, 5.74) is 2.45. The predicted octanol–water partition coefficient (Wildman–Crippen LogP) is 4.50. The molecule has 0 radical (unpaired) electrons. The average molecular weight is 420 g/mol. The summed E-state index contributed by atoms with van der Waals surface area (Å²) in [5.74, 6) is -0.247. The number of rotatable bonds is 2. The van der Waals surface area contributed by atoms with E-state index in [-0.39, 0.29) is 28.7 Å². The summed E-state index contributed by atoms with van der Waals surface area (Å²) in [7, 11) is 0. The highest BCUT2D eigenvalue weighted by atomic mass is 35.5. The molecule has 3 aromatic rings. The van der Waals surface area contributed by atoms with Crippen LogP contribution in [0.25, 0.3) is 6.08 Å². The number of phenolic OH excluding ortho intramolecular Hbond substituents is 1. The van der Waals surface area contributed by atoms with E-state index in [9.17, 15) is 14.7 Å². The second-order valence-corrected chi connectivity index (χ2v) is 7.43. The van der Waals surface area contributed by atoms with Crippen LogP contribution in [0, 0.1) is 0 Å². The molecule has 2 aromatic carbocycles. The normalized spacial score (nSPS) is 18.6. The van der Waals surface area contributed by atoms with Crippen LogP contribution in [0.4, 0.5) is 0 Å². The second kappa shape index (κ2) is 7.00. The minimum absolute atomic E-state index is 0.0505. The third kappa shape index (κ3) is 3.02. The molecule has 1 aromatic heterocycles. The van der Waals surface area contributed by atoms with Crippen LogP contribution in [0.2, 0.25) is 5.02 Å². The number of pyridine rings is 1. The Morgan fingerprint density at radius 3 is 2.77 bits per heavy atom. The maximum absolute atomic E-state index is 12.9. The van der Waals surface area contributed by atoms with Crippen molar-refractivity contribution >= 4 is 29.4 Å². The molecule has 2 aliphatic rings. The first-order valence-electron chi connectivity index (χ1n) is 9.21. The van der Waals surface area contributed by atoms with Gasteiger partial charge in [-0.25, -0.2) is 0 Å². The topological polar surface area (TPSA) is 85.7 Å². The molecule has 0 unspecified atom stereocenters. The number of aromatic hydroxyl groups is 1. The quantitative estimate of drug-likeness (QED) is 0.374. The molecule has 7 heteroatoms. The molecule has 30 heavy (non-hydrogen) atoms. The van der Waals surface area contributed by atoms with E-state index in [0.717, 1.165) is 5.56 Å². The van der Waals surface area contributed by atoms with Gasteiger partial charge in [0.2, 0.25) is 5.78 Å². The molecule has 5 rings (SSSR count). The second-order valence-electron chi connectivity index (χ2n) is 7.02. The number of phenols is 1. The van der Waals surface area contributed by atoms with Crippen LogP contribution >= 0.6 is 11.6 Å². The summed E-state index contributed by atoms with van der Waals surface area (Å²) in [4.78, 5) is 29.2. The Labute approximate surface area is 176 Å². The number of hydrogen-bond acceptors (Lipinski definition) is 6. The molecule has 0 fully saturated rings. The highest BCUT2D eigenvalue weighted by Crippen LogP contribution is 2.49. The fourth-order valence-electron chi connectivity index (χ4n) is 3.74. The third-order valence-electron chi connectivity index (χ3n) is 5.14. The van der Waals surface area contributed by atoms with Crippen LogP contribution in [0.3, 0.4) is 0 Å². The molecule has 6 nitrogen and oxygen atoms in total. The van der Waals surface area contributed by atoms with Crippen LogP contribution in [-0.2, 0) is 4.79 Å². The summed E-state index contributed by atoms with van der Waals surface area (Å²) in [6.07, 6.45) is 4.96. The number of halogens is 1. The van der Waals surface area contributed by atoms with Crippen molar-refractivity contribution in [1.82, 2.24) is 4.98 Å². The summed E-state index contributed by atoms with van der Waals surface area (Å²) in [6, 6.07) is 11.6. The van der Waals surface area contributed by atoms with E-state index in [2.05, 4.69) is 4.98 Å². The van der Waals surface area contributed by atoms with Gasteiger partial charge >= 0.3 is 5.97 Å². The van der Waals surface area contributed by atoms with Crippen molar-refractivity contribution in [2.24, 2.45) is 0 Å². The van der Waals surface area contributed by atoms with Crippen LogP contribution in [0.15, 0.2) is 60.6 Å². The molecular formula is C23H14ClNO5. The van der Waals surface area contributed by atoms with E-state index in [4.69, 9.17) is 21.1 Å². The zero-order valence-corrected chi connectivity index (χ0v) is 16.2. The summed E-state index contributed by atoms with van der Waals surface area (Å²) >= 11 is 6.08. The molecule has 0 spiro atoms. The Bertz CT molecular complexity index is 1240. The maximum Gasteiger partial charge on any atom is 0.312 e. The lowest BCUT2D eigenvalue weighted by molar-refractivity contribution is -0.135. The number of allylic oxidation sites excluding steroid dienone is 1. The number of benzene rings is 2. The molecule has 2 aliphatic heterocycles. The monoisotopic (exact) mass is 419 g/mol. The zero-order valence-electron chi connectivity index (χ0n) is 15.5. The van der Waals surface area contributed by atoms with Gasteiger partial charge in [-0.2, -0.15) is 0 Å². The van der Waals surface area contributed by atoms with Crippen LogP contribution in [0.1, 0.15) is 39.4 Å². The Hall–Kier alpha value is -3.64.